The molecule has 0 bridgehead atoms. The number of nitrogens with zero attached hydrogens (tertiary/aromatic N) is 1. The molecule has 2 heterocycles. The van der Waals surface area contributed by atoms with Crippen LogP contribution < -0.4 is 0 Å². The van der Waals surface area contributed by atoms with Crippen LogP contribution in [0, 0.1) is 0 Å². The number of aliphatic hydroxyl groups is 1. The van der Waals surface area contributed by atoms with E-state index in [1.165, 1.54) is 66.3 Å². The molecule has 170 valence electrons. The smallest absolute Gasteiger partial charge is 0.384 e. The van der Waals surface area contributed by atoms with Crippen molar-refractivity contribution in [3.8, 4) is 21.6 Å². The van der Waals surface area contributed by atoms with Crippen molar-refractivity contribution in [1.29, 1.82) is 0 Å². The van der Waals surface area contributed by atoms with E-state index in [0.717, 1.165) is 23.5 Å². The van der Waals surface area contributed by atoms with Crippen molar-refractivity contribution in [2.45, 2.75) is 18.5 Å². The first-order valence-corrected chi connectivity index (χ1v) is 10.5. The lowest BCUT2D eigenvalue weighted by Crippen LogP contribution is -2.10. The molecule has 0 amide bonds. The molecule has 1 atom stereocenters. The Bertz CT molecular complexity index is 1190. The van der Waals surface area contributed by atoms with Crippen LogP contribution in [0.3, 0.4) is 0 Å². The maximum Gasteiger partial charge on any atom is 0.417 e. The maximum atomic E-state index is 13.7. The summed E-state index contributed by atoms with van der Waals surface area (Å²) in [4.78, 5) is 3.95. The van der Waals surface area contributed by atoms with Crippen LogP contribution in [0.1, 0.15) is 28.4 Å². The molecule has 0 radical (unpaired) electrons. The van der Waals surface area contributed by atoms with Gasteiger partial charge in [-0.3, -0.25) is 4.98 Å². The highest BCUT2D eigenvalue weighted by Gasteiger charge is 2.37. The van der Waals surface area contributed by atoms with Gasteiger partial charge < -0.3 is 5.11 Å². The lowest BCUT2D eigenvalue weighted by atomic mass is 9.90. The first-order chi connectivity index (χ1) is 15.6. The summed E-state index contributed by atoms with van der Waals surface area (Å²) in [7, 11) is 0. The molecule has 0 saturated carbocycles. The fourth-order valence-electron chi connectivity index (χ4n) is 3.65. The Kier molecular flexibility index (Phi) is 6.02. The maximum absolute atomic E-state index is 13.7. The average Bonchev–Trinajstić information content (AvgIpc) is 3.23. The second-order valence-electron chi connectivity index (χ2n) is 7.17. The highest BCUT2D eigenvalue weighted by molar-refractivity contribution is 7.14. The third kappa shape index (κ3) is 4.51. The van der Waals surface area contributed by atoms with Gasteiger partial charge in [0.15, 0.2) is 0 Å². The Morgan fingerprint density at radius 3 is 1.88 bits per heavy atom. The predicted molar refractivity (Wildman–Crippen MR) is 113 cm³/mol. The van der Waals surface area contributed by atoms with Gasteiger partial charge in [-0.25, -0.2) is 0 Å². The van der Waals surface area contributed by atoms with Gasteiger partial charge >= 0.3 is 12.4 Å². The third-order valence-electron chi connectivity index (χ3n) is 5.10. The van der Waals surface area contributed by atoms with Crippen LogP contribution in [0.5, 0.6) is 0 Å². The minimum atomic E-state index is -4.70. The number of aromatic nitrogens is 1. The lowest BCUT2D eigenvalue weighted by Gasteiger charge is -2.19. The van der Waals surface area contributed by atoms with Crippen LogP contribution in [0.2, 0.25) is 0 Å². The Labute approximate surface area is 188 Å². The zero-order valence-corrected chi connectivity index (χ0v) is 17.5. The Balaban J connectivity index is 2.02. The number of pyridine rings is 1. The Morgan fingerprint density at radius 1 is 0.727 bits per heavy atom. The van der Waals surface area contributed by atoms with Gasteiger partial charge in [-0.1, -0.05) is 42.5 Å². The molecule has 4 aromatic rings. The molecule has 33 heavy (non-hydrogen) atoms. The molecule has 0 aliphatic carbocycles. The number of alkyl halides is 6. The topological polar surface area (TPSA) is 33.1 Å². The summed E-state index contributed by atoms with van der Waals surface area (Å²) >= 11 is 0.849. The molecule has 4 rings (SSSR count). The van der Waals surface area contributed by atoms with E-state index in [9.17, 15) is 31.4 Å². The number of benzene rings is 2. The van der Waals surface area contributed by atoms with E-state index in [0.29, 0.717) is 0 Å². The van der Waals surface area contributed by atoms with E-state index in [1.54, 1.807) is 0 Å². The van der Waals surface area contributed by atoms with Gasteiger partial charge in [0.2, 0.25) is 0 Å². The Hall–Kier alpha value is -3.17. The Morgan fingerprint density at radius 2 is 1.30 bits per heavy atom. The summed E-state index contributed by atoms with van der Waals surface area (Å²) in [5.41, 5.74) is -2.12. The van der Waals surface area contributed by atoms with Crippen LogP contribution in [0.15, 0.2) is 78.4 Å². The van der Waals surface area contributed by atoms with Gasteiger partial charge in [-0.2, -0.15) is 26.3 Å². The van der Waals surface area contributed by atoms with E-state index in [-0.39, 0.29) is 32.7 Å². The standard InChI is InChI=1S/C24H15F6NOS/c25-23(26,27)18-9-3-1-7-15(18)17-13-33-22(16-8-2-4-10-19(16)24(28,29)30)20(17)21(32)14-6-5-11-31-12-14/h1-13,21,32H. The fourth-order valence-corrected chi connectivity index (χ4v) is 4.80. The largest absolute Gasteiger partial charge is 0.417 e. The molecule has 0 saturated heterocycles. The SMILES string of the molecule is OC(c1cccnc1)c1c(-c2ccccc2C(F)(F)F)csc1-c1ccccc1C(F)(F)F. The number of hydrogen-bond donors (Lipinski definition) is 1. The third-order valence-corrected chi connectivity index (χ3v) is 6.13. The second-order valence-corrected chi connectivity index (χ2v) is 8.05. The first-order valence-electron chi connectivity index (χ1n) is 9.61. The molecule has 0 spiro atoms. The normalized spacial score (nSPS) is 13.2. The van der Waals surface area contributed by atoms with Crippen LogP contribution in [-0.4, -0.2) is 10.1 Å². The van der Waals surface area contributed by atoms with Gasteiger partial charge in [0.25, 0.3) is 0 Å². The van der Waals surface area contributed by atoms with E-state index in [4.69, 9.17) is 0 Å². The number of thiophene rings is 1. The second kappa shape index (κ2) is 8.64. The van der Waals surface area contributed by atoms with Crippen molar-refractivity contribution < 1.29 is 31.4 Å². The van der Waals surface area contributed by atoms with Crippen molar-refractivity contribution in [2.24, 2.45) is 0 Å². The van der Waals surface area contributed by atoms with Crippen molar-refractivity contribution in [3.63, 3.8) is 0 Å². The molecule has 1 N–H and O–H groups in total. The lowest BCUT2D eigenvalue weighted by molar-refractivity contribution is -0.137. The molecule has 0 aliphatic rings. The highest BCUT2D eigenvalue weighted by Crippen LogP contribution is 2.49. The van der Waals surface area contributed by atoms with E-state index >= 15 is 0 Å². The fraction of sp³-hybridized carbons (Fsp3) is 0.125. The summed E-state index contributed by atoms with van der Waals surface area (Å²) in [5.74, 6) is 0. The summed E-state index contributed by atoms with van der Waals surface area (Å²) < 4.78 is 82.3. The molecule has 2 aromatic heterocycles. The van der Waals surface area contributed by atoms with Crippen LogP contribution in [0.4, 0.5) is 26.3 Å². The van der Waals surface area contributed by atoms with E-state index in [1.807, 2.05) is 0 Å². The van der Waals surface area contributed by atoms with Gasteiger partial charge in [-0.15, -0.1) is 11.3 Å². The van der Waals surface area contributed by atoms with Crippen molar-refractivity contribution in [1.82, 2.24) is 4.98 Å². The molecule has 2 aromatic carbocycles. The minimum Gasteiger partial charge on any atom is -0.384 e. The molecule has 2 nitrogen and oxygen atoms in total. The summed E-state index contributed by atoms with van der Waals surface area (Å²) in [6.07, 6.45) is -8.12. The molecular formula is C24H15F6NOS. The van der Waals surface area contributed by atoms with Gasteiger partial charge in [-0.05, 0) is 34.7 Å². The summed E-state index contributed by atoms with van der Waals surface area (Å²) in [6.45, 7) is 0. The van der Waals surface area contributed by atoms with Crippen molar-refractivity contribution in [3.05, 3.63) is 101 Å². The number of halogens is 6. The zero-order chi connectivity index (χ0) is 23.8. The summed E-state index contributed by atoms with van der Waals surface area (Å²) in [5, 5.41) is 12.5. The van der Waals surface area contributed by atoms with E-state index < -0.39 is 29.6 Å². The highest BCUT2D eigenvalue weighted by atomic mass is 32.1. The zero-order valence-electron chi connectivity index (χ0n) is 16.7. The van der Waals surface area contributed by atoms with Crippen LogP contribution in [0.25, 0.3) is 21.6 Å². The van der Waals surface area contributed by atoms with Gasteiger partial charge in [0.05, 0.1) is 11.1 Å². The first kappa shape index (κ1) is 23.0. The monoisotopic (exact) mass is 479 g/mol. The van der Waals surface area contributed by atoms with E-state index in [2.05, 4.69) is 4.98 Å². The minimum absolute atomic E-state index is 0.0104. The van der Waals surface area contributed by atoms with Crippen LogP contribution >= 0.6 is 11.3 Å². The predicted octanol–water partition coefficient (Wildman–Crippen LogP) is 7.60. The summed E-state index contributed by atoms with van der Waals surface area (Å²) in [6, 6.07) is 12.6. The average molecular weight is 479 g/mol. The molecule has 0 aliphatic heterocycles. The van der Waals surface area contributed by atoms with Crippen LogP contribution in [-0.2, 0) is 12.4 Å². The molecule has 0 fully saturated rings. The molecule has 1 unspecified atom stereocenters. The van der Waals surface area contributed by atoms with Gasteiger partial charge in [0.1, 0.15) is 6.10 Å². The number of aliphatic hydroxyl groups excluding tert-OH is 1. The molecular weight excluding hydrogens is 464 g/mol. The quantitative estimate of drug-likeness (QED) is 0.306. The van der Waals surface area contributed by atoms with Gasteiger partial charge in [0, 0.05) is 34.0 Å². The molecule has 9 heteroatoms. The number of hydrogen-bond acceptors (Lipinski definition) is 3. The number of rotatable bonds is 4. The van der Waals surface area contributed by atoms with Crippen molar-refractivity contribution >= 4 is 11.3 Å². The van der Waals surface area contributed by atoms with Crippen molar-refractivity contribution in [2.75, 3.05) is 0 Å².